The Hall–Kier alpha value is -2.39. The second-order valence-electron chi connectivity index (χ2n) is 14.1. The van der Waals surface area contributed by atoms with Gasteiger partial charge in [0.2, 0.25) is 11.8 Å². The average molecular weight is 837 g/mol. The first kappa shape index (κ1) is 47.3. The van der Waals surface area contributed by atoms with Crippen molar-refractivity contribution in [3.05, 3.63) is 0 Å². The molecule has 26 nitrogen and oxygen atoms in total. The van der Waals surface area contributed by atoms with Gasteiger partial charge in [-0.15, -0.1) is 0 Å². The number of aliphatic hydroxyl groups is 13. The third-order valence-electron chi connectivity index (χ3n) is 9.96. The summed E-state index contributed by atoms with van der Waals surface area (Å²) < 4.78 is 38.9. The Labute approximate surface area is 322 Å². The zero-order chi connectivity index (χ0) is 42.7. The van der Waals surface area contributed by atoms with Crippen LogP contribution in [0.2, 0.25) is 0 Å². The maximum atomic E-state index is 12.8. The van der Waals surface area contributed by atoms with E-state index in [4.69, 9.17) is 33.2 Å². The molecule has 0 aliphatic carbocycles. The summed E-state index contributed by atoms with van der Waals surface area (Å²) in [6.45, 7) is -1.74. The van der Waals surface area contributed by atoms with Crippen LogP contribution in [0.4, 0.5) is 0 Å². The van der Waals surface area contributed by atoms with Crippen molar-refractivity contribution in [2.45, 2.75) is 149 Å². The van der Waals surface area contributed by atoms with E-state index >= 15 is 0 Å². The monoisotopic (exact) mass is 836 g/mol. The van der Waals surface area contributed by atoms with Crippen molar-refractivity contribution in [1.82, 2.24) is 10.6 Å². The van der Waals surface area contributed by atoms with Crippen molar-refractivity contribution in [2.24, 2.45) is 0 Å². The molecule has 0 aromatic rings. The first-order chi connectivity index (χ1) is 26.7. The fourth-order valence-corrected chi connectivity index (χ4v) is 6.95. The maximum absolute atomic E-state index is 12.8. The first-order valence-corrected chi connectivity index (χ1v) is 17.7. The summed E-state index contributed by atoms with van der Waals surface area (Å²) in [6, 6.07) is -3.26. The lowest BCUT2D eigenvalue weighted by atomic mass is 9.88. The summed E-state index contributed by atoms with van der Waals surface area (Å²) in [5.41, 5.74) is 0. The molecule has 4 rings (SSSR count). The molecular formula is C31H52N2O24. The molecule has 16 N–H and O–H groups in total. The quantitative estimate of drug-likeness (QED) is 0.0728. The zero-order valence-corrected chi connectivity index (χ0v) is 30.4. The molecule has 4 aliphatic rings. The van der Waals surface area contributed by atoms with Crippen LogP contribution >= 0.6 is 0 Å². The highest BCUT2D eigenvalue weighted by molar-refractivity contribution is 5.76. The summed E-state index contributed by atoms with van der Waals surface area (Å²) in [5.74, 6) is -6.72. The van der Waals surface area contributed by atoms with Crippen molar-refractivity contribution in [3.63, 3.8) is 0 Å². The molecule has 4 heterocycles. The van der Waals surface area contributed by atoms with Gasteiger partial charge < -0.3 is 115 Å². The van der Waals surface area contributed by atoms with Gasteiger partial charge in [-0.25, -0.2) is 4.79 Å². The Bertz CT molecular complexity index is 1350. The predicted octanol–water partition coefficient (Wildman–Crippen LogP) is -10.3. The molecule has 4 fully saturated rings. The number of ether oxygens (including phenoxy) is 7. The lowest BCUT2D eigenvalue weighted by Crippen LogP contribution is -2.71. The third-order valence-corrected chi connectivity index (χ3v) is 9.96. The number of aliphatic carboxylic acids is 1. The van der Waals surface area contributed by atoms with Crippen LogP contribution in [-0.4, -0.2) is 244 Å². The number of hydrogen-bond donors (Lipinski definition) is 16. The van der Waals surface area contributed by atoms with Crippen LogP contribution in [0.15, 0.2) is 0 Å². The number of carboxylic acids is 1. The van der Waals surface area contributed by atoms with Crippen LogP contribution in [0.3, 0.4) is 0 Å². The van der Waals surface area contributed by atoms with E-state index in [-0.39, 0.29) is 0 Å². The Kier molecular flexibility index (Phi) is 16.4. The van der Waals surface area contributed by atoms with E-state index in [9.17, 15) is 85.9 Å². The summed E-state index contributed by atoms with van der Waals surface area (Å²) in [7, 11) is 0. The molecule has 21 atom stereocenters. The highest BCUT2D eigenvalue weighted by atomic mass is 16.8. The van der Waals surface area contributed by atoms with Gasteiger partial charge in [-0.1, -0.05) is 0 Å². The van der Waals surface area contributed by atoms with E-state index in [0.717, 1.165) is 13.8 Å². The molecule has 0 spiro atoms. The number of nitrogens with one attached hydrogen (secondary N) is 2. The number of hydrogen-bond acceptors (Lipinski definition) is 23. The van der Waals surface area contributed by atoms with Crippen molar-refractivity contribution in [2.75, 3.05) is 26.4 Å². The van der Waals surface area contributed by atoms with Crippen LogP contribution < -0.4 is 10.6 Å². The van der Waals surface area contributed by atoms with Gasteiger partial charge in [0.25, 0.3) is 5.79 Å². The number of carbonyl (C=O) groups is 3. The minimum absolute atomic E-state index is 0.772. The van der Waals surface area contributed by atoms with Gasteiger partial charge in [0.1, 0.15) is 91.5 Å². The Morgan fingerprint density at radius 2 is 1.30 bits per heavy atom. The smallest absolute Gasteiger partial charge is 0.364 e. The normalized spacial score (nSPS) is 45.1. The van der Waals surface area contributed by atoms with Crippen LogP contribution in [0, 0.1) is 0 Å². The van der Waals surface area contributed by atoms with Gasteiger partial charge in [0.15, 0.2) is 18.9 Å². The topological polar surface area (TPSA) is 423 Å². The number of rotatable bonds is 15. The molecule has 26 heteroatoms. The molecule has 330 valence electrons. The van der Waals surface area contributed by atoms with Gasteiger partial charge in [-0.3, -0.25) is 9.59 Å². The number of carbonyl (C=O) groups excluding carboxylic acids is 2. The number of amides is 2. The van der Waals surface area contributed by atoms with Crippen LogP contribution in [0.25, 0.3) is 0 Å². The highest BCUT2D eigenvalue weighted by Crippen LogP contribution is 2.38. The first-order valence-electron chi connectivity index (χ1n) is 17.7. The SMILES string of the molecule is CC(=O)N[C@H]1[C@H]([C@H](O)[C@H](O)CO)O[C@@](O[C@H]2[C@@H](O)[C@@H](CO)O[C@@H](O[C@H]3[C@H](O)[C@@H](NC(C)=O)C(O)O[C@@H]3CO[C@@H]3O[C@H](CO)[C@H](O)[C@H](O)[C@H]3O)[C@@H]2O)(C(=O)O)C[C@@H]1O. The molecule has 57 heavy (non-hydrogen) atoms. The molecule has 1 unspecified atom stereocenters. The Morgan fingerprint density at radius 1 is 0.719 bits per heavy atom. The lowest BCUT2D eigenvalue weighted by molar-refractivity contribution is -0.383. The number of aliphatic hydroxyl groups excluding tert-OH is 13. The van der Waals surface area contributed by atoms with Crippen LogP contribution in [0.1, 0.15) is 20.3 Å². The molecule has 2 amide bonds. The fourth-order valence-electron chi connectivity index (χ4n) is 6.95. The standard InChI is InChI=1S/C31H52N2O24/c1-8(37)32-15-10(39)3-31(30(49)50,56-25(15)17(41)11(40)4-34)57-26-19(43)13(6-36)54-29(23(26)47)55-24-14(52-27(48)16(20(24)44)33-9(2)38)7-51-28-22(46)21(45)18(42)12(5-35)53-28/h10-29,34-36,39-48H,3-7H2,1-2H3,(H,32,37)(H,33,38)(H,49,50)/t10-,11+,12+,13+,14+,15+,16+,17+,18-,19-,20+,21-,22+,23+,24+,25+,26-,27?,28+,29-,31-/m0/s1. The van der Waals surface area contributed by atoms with Crippen LogP contribution in [0.5, 0.6) is 0 Å². The molecule has 4 saturated heterocycles. The van der Waals surface area contributed by atoms with Gasteiger partial charge in [-0.05, 0) is 0 Å². The molecular weight excluding hydrogens is 784 g/mol. The second kappa shape index (κ2) is 19.8. The summed E-state index contributed by atoms with van der Waals surface area (Å²) >= 11 is 0. The average Bonchev–Trinajstić information content (AvgIpc) is 3.15. The van der Waals surface area contributed by atoms with Crippen molar-refractivity contribution >= 4 is 17.8 Å². The van der Waals surface area contributed by atoms with E-state index in [1.807, 2.05) is 0 Å². The van der Waals surface area contributed by atoms with Gasteiger partial charge in [0, 0.05) is 20.3 Å². The lowest BCUT2D eigenvalue weighted by Gasteiger charge is -2.50. The predicted molar refractivity (Wildman–Crippen MR) is 174 cm³/mol. The summed E-state index contributed by atoms with van der Waals surface area (Å²) in [6.07, 6.45) is -36.0. The van der Waals surface area contributed by atoms with Gasteiger partial charge in [-0.2, -0.15) is 0 Å². The summed E-state index contributed by atoms with van der Waals surface area (Å²) in [4.78, 5) is 36.7. The van der Waals surface area contributed by atoms with Crippen LogP contribution in [-0.2, 0) is 47.5 Å². The molecule has 0 saturated carbocycles. The highest BCUT2D eigenvalue weighted by Gasteiger charge is 2.60. The van der Waals surface area contributed by atoms with Crippen molar-refractivity contribution in [1.29, 1.82) is 0 Å². The molecule has 0 bridgehead atoms. The molecule has 0 radical (unpaired) electrons. The Balaban J connectivity index is 1.65. The van der Waals surface area contributed by atoms with E-state index in [1.54, 1.807) is 0 Å². The zero-order valence-electron chi connectivity index (χ0n) is 30.4. The number of carboxylic acid groups (broad SMARTS) is 1. The Morgan fingerprint density at radius 3 is 1.86 bits per heavy atom. The van der Waals surface area contributed by atoms with E-state index in [2.05, 4.69) is 10.6 Å². The fraction of sp³-hybridized carbons (Fsp3) is 0.903. The molecule has 4 aliphatic heterocycles. The second-order valence-corrected chi connectivity index (χ2v) is 14.1. The molecule has 0 aromatic carbocycles. The summed E-state index contributed by atoms with van der Waals surface area (Å²) in [5, 5.41) is 151. The van der Waals surface area contributed by atoms with E-state index < -0.39 is 179 Å². The van der Waals surface area contributed by atoms with Gasteiger partial charge >= 0.3 is 5.97 Å². The minimum atomic E-state index is -3.13. The van der Waals surface area contributed by atoms with E-state index in [0.29, 0.717) is 0 Å². The third kappa shape index (κ3) is 10.3. The minimum Gasteiger partial charge on any atom is -0.477 e. The molecule has 0 aromatic heterocycles. The van der Waals surface area contributed by atoms with E-state index in [1.165, 1.54) is 0 Å². The van der Waals surface area contributed by atoms with Gasteiger partial charge in [0.05, 0.1) is 38.6 Å². The van der Waals surface area contributed by atoms with Crippen molar-refractivity contribution in [3.8, 4) is 0 Å². The largest absolute Gasteiger partial charge is 0.477 e. The van der Waals surface area contributed by atoms with Crippen molar-refractivity contribution < 1.29 is 119 Å². The maximum Gasteiger partial charge on any atom is 0.364 e.